The molecule has 2 aliphatic heterocycles. The molecular weight excluding hydrogens is 360 g/mol. The second-order valence-corrected chi connectivity index (χ2v) is 8.90. The lowest BCUT2D eigenvalue weighted by Gasteiger charge is -2.33. The normalized spacial score (nSPS) is 20.0. The van der Waals surface area contributed by atoms with E-state index in [0.717, 1.165) is 50.6 Å². The first-order chi connectivity index (χ1) is 14.1. The van der Waals surface area contributed by atoms with E-state index in [4.69, 9.17) is 4.74 Å². The smallest absolute Gasteiger partial charge is 0.193 e. The van der Waals surface area contributed by atoms with Crippen LogP contribution in [0.4, 0.5) is 0 Å². The van der Waals surface area contributed by atoms with Crippen molar-refractivity contribution in [3.8, 4) is 0 Å². The number of ether oxygens (including phenoxy) is 1. The van der Waals surface area contributed by atoms with Crippen LogP contribution in [0.2, 0.25) is 0 Å². The summed E-state index contributed by atoms with van der Waals surface area (Å²) in [5.41, 5.74) is 2.77. The number of piperidine rings is 1. The van der Waals surface area contributed by atoms with Crippen molar-refractivity contribution < 1.29 is 4.74 Å². The summed E-state index contributed by atoms with van der Waals surface area (Å²) in [4.78, 5) is 9.40. The fourth-order valence-electron chi connectivity index (χ4n) is 4.44. The molecule has 3 rings (SSSR count). The average Bonchev–Trinajstić information content (AvgIpc) is 2.76. The monoisotopic (exact) mass is 400 g/mol. The average molecular weight is 401 g/mol. The van der Waals surface area contributed by atoms with Gasteiger partial charge in [-0.25, -0.2) is 0 Å². The zero-order valence-electron chi connectivity index (χ0n) is 18.7. The molecule has 2 saturated heterocycles. The molecule has 162 valence electrons. The Balaban J connectivity index is 1.34. The number of guanidine groups is 1. The van der Waals surface area contributed by atoms with Gasteiger partial charge in [0, 0.05) is 46.9 Å². The van der Waals surface area contributed by atoms with E-state index in [2.05, 4.69) is 58.3 Å². The largest absolute Gasteiger partial charge is 0.381 e. The molecule has 0 spiro atoms. The molecule has 0 bridgehead atoms. The zero-order chi connectivity index (χ0) is 20.5. The third kappa shape index (κ3) is 7.31. The maximum Gasteiger partial charge on any atom is 0.193 e. The molecule has 2 fully saturated rings. The van der Waals surface area contributed by atoms with Gasteiger partial charge in [0.2, 0.25) is 0 Å². The van der Waals surface area contributed by atoms with Crippen molar-refractivity contribution in [2.24, 2.45) is 16.8 Å². The highest BCUT2D eigenvalue weighted by Crippen LogP contribution is 2.20. The predicted octanol–water partition coefficient (Wildman–Crippen LogP) is 3.53. The third-order valence-electron chi connectivity index (χ3n) is 6.57. The minimum Gasteiger partial charge on any atom is -0.381 e. The number of rotatable bonds is 7. The van der Waals surface area contributed by atoms with E-state index in [1.165, 1.54) is 56.3 Å². The van der Waals surface area contributed by atoms with Crippen molar-refractivity contribution >= 4 is 5.96 Å². The number of nitrogens with one attached hydrogen (secondary N) is 1. The minimum atomic E-state index is 0.741. The Bertz CT molecular complexity index is 616. The second-order valence-electron chi connectivity index (χ2n) is 8.90. The summed E-state index contributed by atoms with van der Waals surface area (Å²) in [7, 11) is 4.07. The summed E-state index contributed by atoms with van der Waals surface area (Å²) in [5, 5.41) is 3.63. The van der Waals surface area contributed by atoms with Gasteiger partial charge in [0.15, 0.2) is 5.96 Å². The molecule has 0 atom stereocenters. The van der Waals surface area contributed by atoms with Crippen molar-refractivity contribution in [1.29, 1.82) is 0 Å². The van der Waals surface area contributed by atoms with E-state index in [0.29, 0.717) is 0 Å². The Morgan fingerprint density at radius 1 is 1.10 bits per heavy atom. The van der Waals surface area contributed by atoms with E-state index in [1.54, 1.807) is 0 Å². The topological polar surface area (TPSA) is 40.1 Å². The molecule has 0 aliphatic carbocycles. The Labute approximate surface area is 177 Å². The summed E-state index contributed by atoms with van der Waals surface area (Å²) < 4.78 is 5.47. The lowest BCUT2D eigenvalue weighted by atomic mass is 9.96. The van der Waals surface area contributed by atoms with Gasteiger partial charge >= 0.3 is 0 Å². The van der Waals surface area contributed by atoms with Crippen molar-refractivity contribution in [3.05, 3.63) is 35.4 Å². The number of hydrogen-bond acceptors (Lipinski definition) is 3. The second kappa shape index (κ2) is 11.6. The van der Waals surface area contributed by atoms with Crippen LogP contribution in [-0.4, -0.2) is 69.2 Å². The molecule has 0 amide bonds. The van der Waals surface area contributed by atoms with Crippen LogP contribution in [0, 0.1) is 18.8 Å². The van der Waals surface area contributed by atoms with Crippen molar-refractivity contribution in [1.82, 2.24) is 15.1 Å². The maximum atomic E-state index is 5.47. The van der Waals surface area contributed by atoms with Crippen LogP contribution >= 0.6 is 0 Å². The molecule has 1 aromatic carbocycles. The third-order valence-corrected chi connectivity index (χ3v) is 6.57. The highest BCUT2D eigenvalue weighted by Gasteiger charge is 2.20. The molecule has 0 aromatic heterocycles. The molecule has 5 nitrogen and oxygen atoms in total. The van der Waals surface area contributed by atoms with E-state index < -0.39 is 0 Å². The van der Waals surface area contributed by atoms with E-state index in [9.17, 15) is 0 Å². The van der Waals surface area contributed by atoms with Gasteiger partial charge in [-0.3, -0.25) is 9.89 Å². The van der Waals surface area contributed by atoms with Gasteiger partial charge in [0.25, 0.3) is 0 Å². The molecule has 2 aliphatic rings. The Kier molecular flexibility index (Phi) is 8.81. The maximum absolute atomic E-state index is 5.47. The van der Waals surface area contributed by atoms with Crippen molar-refractivity contribution in [2.75, 3.05) is 53.5 Å². The molecule has 0 unspecified atom stereocenters. The fraction of sp³-hybridized carbons (Fsp3) is 0.708. The molecule has 5 heteroatoms. The number of aryl methyl sites for hydroxylation is 1. The lowest BCUT2D eigenvalue weighted by Crippen LogP contribution is -2.44. The molecule has 0 saturated carbocycles. The van der Waals surface area contributed by atoms with E-state index in [-0.39, 0.29) is 0 Å². The number of hydrogen-bond donors (Lipinski definition) is 1. The summed E-state index contributed by atoms with van der Waals surface area (Å²) >= 11 is 0. The first-order valence-electron chi connectivity index (χ1n) is 11.4. The van der Waals surface area contributed by atoms with Crippen LogP contribution in [0.15, 0.2) is 29.3 Å². The van der Waals surface area contributed by atoms with Crippen molar-refractivity contribution in [3.63, 3.8) is 0 Å². The summed E-state index contributed by atoms with van der Waals surface area (Å²) in [6.45, 7) is 9.59. The van der Waals surface area contributed by atoms with Gasteiger partial charge in [0.05, 0.1) is 0 Å². The van der Waals surface area contributed by atoms with Gasteiger partial charge in [-0.1, -0.05) is 29.8 Å². The lowest BCUT2D eigenvalue weighted by molar-refractivity contribution is 0.0625. The van der Waals surface area contributed by atoms with E-state index in [1.807, 2.05) is 7.05 Å². The number of aliphatic imine (C=N–C) groups is 1. The van der Waals surface area contributed by atoms with Crippen LogP contribution in [-0.2, 0) is 11.3 Å². The summed E-state index contributed by atoms with van der Waals surface area (Å²) in [6.07, 6.45) is 6.18. The molecular formula is C24H40N4O. The van der Waals surface area contributed by atoms with Crippen LogP contribution in [0.25, 0.3) is 0 Å². The Morgan fingerprint density at radius 3 is 2.45 bits per heavy atom. The minimum absolute atomic E-state index is 0.741. The first kappa shape index (κ1) is 22.1. The van der Waals surface area contributed by atoms with Crippen LogP contribution in [0.3, 0.4) is 0 Å². The number of nitrogens with zero attached hydrogens (tertiary/aromatic N) is 3. The fourth-order valence-corrected chi connectivity index (χ4v) is 4.44. The van der Waals surface area contributed by atoms with Gasteiger partial charge < -0.3 is 15.0 Å². The van der Waals surface area contributed by atoms with Gasteiger partial charge in [-0.2, -0.15) is 0 Å². The van der Waals surface area contributed by atoms with Gasteiger partial charge in [-0.05, 0) is 69.5 Å². The molecule has 1 aromatic rings. The predicted molar refractivity (Wildman–Crippen MR) is 121 cm³/mol. The Morgan fingerprint density at radius 2 is 1.79 bits per heavy atom. The number of benzene rings is 1. The molecule has 29 heavy (non-hydrogen) atoms. The van der Waals surface area contributed by atoms with Crippen LogP contribution in [0.1, 0.15) is 43.2 Å². The summed E-state index contributed by atoms with van der Waals surface area (Å²) in [6, 6.07) is 8.97. The van der Waals surface area contributed by atoms with Gasteiger partial charge in [0.1, 0.15) is 0 Å². The van der Waals surface area contributed by atoms with Crippen LogP contribution in [0.5, 0.6) is 0 Å². The SMILES string of the molecule is CN=C(NCC1CCN(Cc2ccc(C)cc2)CC1)N(C)CCC1CCOCC1. The van der Waals surface area contributed by atoms with Gasteiger partial charge in [-0.15, -0.1) is 0 Å². The molecule has 1 N–H and O–H groups in total. The first-order valence-corrected chi connectivity index (χ1v) is 11.4. The van der Waals surface area contributed by atoms with Crippen LogP contribution < -0.4 is 5.32 Å². The Hall–Kier alpha value is -1.59. The quantitative estimate of drug-likeness (QED) is 0.561. The van der Waals surface area contributed by atoms with Crippen molar-refractivity contribution in [2.45, 2.75) is 45.6 Å². The van der Waals surface area contributed by atoms with E-state index >= 15 is 0 Å². The molecule has 0 radical (unpaired) electrons. The summed E-state index contributed by atoms with van der Waals surface area (Å²) in [5.74, 6) is 2.59. The molecule has 2 heterocycles. The standard InChI is InChI=1S/C24H40N4O/c1-20-4-6-23(7-5-20)19-28-14-9-22(10-15-28)18-26-24(25-2)27(3)13-8-21-11-16-29-17-12-21/h4-7,21-22H,8-19H2,1-3H3,(H,25,26). The highest BCUT2D eigenvalue weighted by molar-refractivity contribution is 5.79. The highest BCUT2D eigenvalue weighted by atomic mass is 16.5. The zero-order valence-corrected chi connectivity index (χ0v) is 18.7. The number of likely N-dealkylation sites (tertiary alicyclic amines) is 1.